The van der Waals surface area contributed by atoms with Crippen LogP contribution < -0.4 is 10.6 Å². The molecule has 0 unspecified atom stereocenters. The molecule has 2 N–H and O–H groups in total. The molecule has 0 aliphatic rings. The van der Waals surface area contributed by atoms with Gasteiger partial charge in [-0.1, -0.05) is 30.3 Å². The van der Waals surface area contributed by atoms with E-state index in [1.807, 2.05) is 51.4 Å². The van der Waals surface area contributed by atoms with Crippen LogP contribution in [0, 0.1) is 24.0 Å². The number of benzene rings is 2. The number of nitro benzene ring substituents is 1. The number of hydrogen-bond acceptors (Lipinski definition) is 5. The van der Waals surface area contributed by atoms with Gasteiger partial charge in [-0.15, -0.1) is 0 Å². The highest BCUT2D eigenvalue weighted by Crippen LogP contribution is 2.27. The van der Waals surface area contributed by atoms with Crippen LogP contribution >= 0.6 is 0 Å². The number of anilines is 1. The smallest absolute Gasteiger partial charge is 0.293 e. The topological polar surface area (TPSA) is 87.5 Å². The van der Waals surface area contributed by atoms with Crippen LogP contribution in [-0.4, -0.2) is 42.9 Å². The Hall–Kier alpha value is -2.77. The highest BCUT2D eigenvalue weighted by atomic mass is 16.6. The lowest BCUT2D eigenvalue weighted by molar-refractivity contribution is -0.384. The van der Waals surface area contributed by atoms with Crippen molar-refractivity contribution in [3.8, 4) is 0 Å². The Balaban J connectivity index is 1.98. The van der Waals surface area contributed by atoms with Gasteiger partial charge in [0.15, 0.2) is 0 Å². The van der Waals surface area contributed by atoms with Crippen molar-refractivity contribution in [1.29, 1.82) is 0 Å². The second-order valence-corrected chi connectivity index (χ2v) is 6.78. The molecule has 0 aliphatic heterocycles. The van der Waals surface area contributed by atoms with E-state index in [1.165, 1.54) is 6.07 Å². The summed E-state index contributed by atoms with van der Waals surface area (Å²) in [4.78, 5) is 25.1. The highest BCUT2D eigenvalue weighted by molar-refractivity contribution is 5.94. The van der Waals surface area contributed by atoms with Crippen molar-refractivity contribution >= 4 is 17.3 Å². The van der Waals surface area contributed by atoms with Gasteiger partial charge in [0.2, 0.25) is 5.91 Å². The van der Waals surface area contributed by atoms with Gasteiger partial charge in [0.25, 0.3) is 5.69 Å². The molecule has 0 radical (unpaired) electrons. The van der Waals surface area contributed by atoms with Crippen LogP contribution in [0.2, 0.25) is 0 Å². The second-order valence-electron chi connectivity index (χ2n) is 6.78. The molecule has 0 aliphatic carbocycles. The number of rotatable bonds is 8. The molecule has 1 atom stereocenters. The summed E-state index contributed by atoms with van der Waals surface area (Å²) in [5, 5.41) is 17.0. The first kappa shape index (κ1) is 20.5. The average Bonchev–Trinajstić information content (AvgIpc) is 2.61. The van der Waals surface area contributed by atoms with Crippen molar-refractivity contribution in [2.75, 3.05) is 32.5 Å². The largest absolute Gasteiger partial charge is 0.319 e. The quantitative estimate of drug-likeness (QED) is 0.551. The number of carbonyl (C=O) groups is 1. The fraction of sp³-hybridized carbons (Fsp3) is 0.350. The van der Waals surface area contributed by atoms with E-state index < -0.39 is 4.92 Å². The molecule has 0 saturated carbocycles. The lowest BCUT2D eigenvalue weighted by Crippen LogP contribution is -2.35. The molecule has 0 aromatic heterocycles. The van der Waals surface area contributed by atoms with E-state index >= 15 is 0 Å². The Labute approximate surface area is 159 Å². The monoisotopic (exact) mass is 370 g/mol. The number of nitro groups is 1. The molecule has 7 nitrogen and oxygen atoms in total. The maximum absolute atomic E-state index is 12.3. The second kappa shape index (κ2) is 9.25. The standard InChI is InChI=1S/C20H26N4O3/c1-14-10-17(18(24(26)27)11-15(14)2)22-20(25)13-21-12-19(23(3)4)16-8-6-5-7-9-16/h5-11,19,21H,12-13H2,1-4H3,(H,22,25)/t19-/m1/s1. The summed E-state index contributed by atoms with van der Waals surface area (Å²) in [6.45, 7) is 4.32. The van der Waals surface area contributed by atoms with Crippen molar-refractivity contribution < 1.29 is 9.72 Å². The molecule has 7 heteroatoms. The summed E-state index contributed by atoms with van der Waals surface area (Å²) in [5.41, 5.74) is 2.99. The van der Waals surface area contributed by atoms with Crippen LogP contribution in [0.3, 0.4) is 0 Å². The zero-order valence-electron chi connectivity index (χ0n) is 16.2. The zero-order chi connectivity index (χ0) is 20.0. The number of nitrogens with one attached hydrogen (secondary N) is 2. The van der Waals surface area contributed by atoms with Gasteiger partial charge < -0.3 is 15.5 Å². The highest BCUT2D eigenvalue weighted by Gasteiger charge is 2.18. The van der Waals surface area contributed by atoms with Crippen LogP contribution in [0.5, 0.6) is 0 Å². The van der Waals surface area contributed by atoms with Gasteiger partial charge in [0, 0.05) is 18.7 Å². The lowest BCUT2D eigenvalue weighted by atomic mass is 10.1. The zero-order valence-corrected chi connectivity index (χ0v) is 16.2. The summed E-state index contributed by atoms with van der Waals surface area (Å²) in [7, 11) is 3.97. The Morgan fingerprint density at radius 1 is 1.15 bits per heavy atom. The van der Waals surface area contributed by atoms with E-state index in [-0.39, 0.29) is 29.9 Å². The normalized spacial score (nSPS) is 12.0. The molecule has 0 saturated heterocycles. The minimum atomic E-state index is -0.479. The third kappa shape index (κ3) is 5.60. The van der Waals surface area contributed by atoms with Crippen LogP contribution in [0.25, 0.3) is 0 Å². The Bertz CT molecular complexity index is 806. The van der Waals surface area contributed by atoms with Gasteiger partial charge in [0.05, 0.1) is 11.5 Å². The Morgan fingerprint density at radius 2 is 1.78 bits per heavy atom. The van der Waals surface area contributed by atoms with E-state index in [9.17, 15) is 14.9 Å². The van der Waals surface area contributed by atoms with E-state index in [4.69, 9.17) is 0 Å². The van der Waals surface area contributed by atoms with Crippen LogP contribution in [0.1, 0.15) is 22.7 Å². The molecule has 0 fully saturated rings. The first-order chi connectivity index (χ1) is 12.8. The summed E-state index contributed by atoms with van der Waals surface area (Å²) in [6.07, 6.45) is 0. The first-order valence-corrected chi connectivity index (χ1v) is 8.77. The predicted octanol–water partition coefficient (Wildman–Crippen LogP) is 3.04. The first-order valence-electron chi connectivity index (χ1n) is 8.77. The van der Waals surface area contributed by atoms with Gasteiger partial charge >= 0.3 is 0 Å². The van der Waals surface area contributed by atoms with Gasteiger partial charge in [0.1, 0.15) is 5.69 Å². The van der Waals surface area contributed by atoms with Crippen molar-refractivity contribution in [2.45, 2.75) is 19.9 Å². The number of hydrogen-bond donors (Lipinski definition) is 2. The van der Waals surface area contributed by atoms with Crippen molar-refractivity contribution in [3.05, 3.63) is 69.3 Å². The molecule has 27 heavy (non-hydrogen) atoms. The molecule has 0 bridgehead atoms. The van der Waals surface area contributed by atoms with Gasteiger partial charge in [-0.05, 0) is 50.7 Å². The maximum atomic E-state index is 12.3. The molecular weight excluding hydrogens is 344 g/mol. The van der Waals surface area contributed by atoms with E-state index in [1.54, 1.807) is 13.0 Å². The number of carbonyl (C=O) groups excluding carboxylic acids is 1. The number of amides is 1. The maximum Gasteiger partial charge on any atom is 0.293 e. The van der Waals surface area contributed by atoms with Crippen LogP contribution in [-0.2, 0) is 4.79 Å². The van der Waals surface area contributed by atoms with Crippen molar-refractivity contribution in [2.24, 2.45) is 0 Å². The Kier molecular flexibility index (Phi) is 7.04. The van der Waals surface area contributed by atoms with Gasteiger partial charge in [-0.2, -0.15) is 0 Å². The third-order valence-electron chi connectivity index (χ3n) is 4.51. The molecule has 0 heterocycles. The SMILES string of the molecule is Cc1cc(NC(=O)CNC[C@H](c2ccccc2)N(C)C)c([N+](=O)[O-])cc1C. The van der Waals surface area contributed by atoms with E-state index in [0.29, 0.717) is 6.54 Å². The molecule has 2 aromatic rings. The molecule has 0 spiro atoms. The van der Waals surface area contributed by atoms with Gasteiger partial charge in [-0.25, -0.2) is 0 Å². The molecule has 1 amide bonds. The summed E-state index contributed by atoms with van der Waals surface area (Å²) in [5.74, 6) is -0.313. The number of likely N-dealkylation sites (N-methyl/N-ethyl adjacent to an activating group) is 1. The molecule has 144 valence electrons. The minimum absolute atomic E-state index is 0.0707. The summed E-state index contributed by atoms with van der Waals surface area (Å²) >= 11 is 0. The fourth-order valence-electron chi connectivity index (χ4n) is 2.84. The van der Waals surface area contributed by atoms with Crippen LogP contribution in [0.15, 0.2) is 42.5 Å². The third-order valence-corrected chi connectivity index (χ3v) is 4.51. The van der Waals surface area contributed by atoms with Crippen molar-refractivity contribution in [3.63, 3.8) is 0 Å². The predicted molar refractivity (Wildman–Crippen MR) is 107 cm³/mol. The number of nitrogens with zero attached hydrogens (tertiary/aromatic N) is 2. The Morgan fingerprint density at radius 3 is 2.37 bits per heavy atom. The lowest BCUT2D eigenvalue weighted by Gasteiger charge is -2.25. The van der Waals surface area contributed by atoms with Crippen molar-refractivity contribution in [1.82, 2.24) is 10.2 Å². The van der Waals surface area contributed by atoms with Gasteiger partial charge in [-0.3, -0.25) is 14.9 Å². The molecule has 2 rings (SSSR count). The van der Waals surface area contributed by atoms with E-state index in [0.717, 1.165) is 16.7 Å². The summed E-state index contributed by atoms with van der Waals surface area (Å²) < 4.78 is 0. The molecule has 2 aromatic carbocycles. The number of aryl methyl sites for hydroxylation is 2. The van der Waals surface area contributed by atoms with E-state index in [2.05, 4.69) is 15.5 Å². The average molecular weight is 370 g/mol. The fourth-order valence-corrected chi connectivity index (χ4v) is 2.84. The summed E-state index contributed by atoms with van der Waals surface area (Å²) in [6, 6.07) is 13.3. The van der Waals surface area contributed by atoms with Crippen LogP contribution in [0.4, 0.5) is 11.4 Å². The molecular formula is C20H26N4O3. The minimum Gasteiger partial charge on any atom is -0.319 e.